The molecular weight excluding hydrogens is 242 g/mol. The largest absolute Gasteiger partial charge is 0.399 e. The maximum Gasteiger partial charge on any atom is 0.257 e. The Morgan fingerprint density at radius 1 is 1.37 bits per heavy atom. The molecule has 2 rings (SSSR count). The van der Waals surface area contributed by atoms with Crippen LogP contribution in [0.3, 0.4) is 0 Å². The summed E-state index contributed by atoms with van der Waals surface area (Å²) in [5.74, 6) is -0.277. The average molecular weight is 259 g/mol. The highest BCUT2D eigenvalue weighted by atomic mass is 16.1. The van der Waals surface area contributed by atoms with Crippen molar-refractivity contribution in [1.82, 2.24) is 9.78 Å². The van der Waals surface area contributed by atoms with Crippen LogP contribution in [0.25, 0.3) is 0 Å². The number of aromatic nitrogens is 2. The summed E-state index contributed by atoms with van der Waals surface area (Å²) in [5, 5.41) is 6.90. The van der Waals surface area contributed by atoms with E-state index in [1.54, 1.807) is 35.3 Å². The molecule has 1 aromatic heterocycles. The number of amides is 1. The molecule has 0 aliphatic rings. The van der Waals surface area contributed by atoms with Gasteiger partial charge in [-0.25, -0.2) is 0 Å². The molecule has 1 heterocycles. The number of carbonyl (C=O) groups excluding carboxylic acids is 1. The smallest absolute Gasteiger partial charge is 0.257 e. The topological polar surface area (TPSA) is 99.0 Å². The Hall–Kier alpha value is -2.50. The predicted octanol–water partition coefficient (Wildman–Crippen LogP) is 1.88. The van der Waals surface area contributed by atoms with Crippen molar-refractivity contribution in [1.29, 1.82) is 0 Å². The first-order chi connectivity index (χ1) is 8.97. The normalized spacial score (nSPS) is 10.7. The zero-order chi connectivity index (χ0) is 14.0. The summed E-state index contributed by atoms with van der Waals surface area (Å²) in [6.45, 7) is 4.02. The van der Waals surface area contributed by atoms with E-state index in [-0.39, 0.29) is 11.9 Å². The van der Waals surface area contributed by atoms with Gasteiger partial charge in [-0.15, -0.1) is 0 Å². The van der Waals surface area contributed by atoms with Crippen molar-refractivity contribution < 1.29 is 4.79 Å². The summed E-state index contributed by atoms with van der Waals surface area (Å²) >= 11 is 0. The zero-order valence-corrected chi connectivity index (χ0v) is 10.9. The Balaban J connectivity index is 2.16. The molecule has 0 aliphatic carbocycles. The summed E-state index contributed by atoms with van der Waals surface area (Å²) in [6, 6.07) is 5.05. The van der Waals surface area contributed by atoms with Crippen molar-refractivity contribution in [3.8, 4) is 0 Å². The fourth-order valence-electron chi connectivity index (χ4n) is 1.67. The SMILES string of the molecule is CC(C)n1cc(NC(=O)c2ccc(N)cc2N)cn1. The molecule has 6 heteroatoms. The van der Waals surface area contributed by atoms with E-state index in [9.17, 15) is 4.79 Å². The first kappa shape index (κ1) is 12.9. The van der Waals surface area contributed by atoms with Crippen LogP contribution in [0, 0.1) is 0 Å². The third-order valence-corrected chi connectivity index (χ3v) is 2.71. The Morgan fingerprint density at radius 3 is 2.68 bits per heavy atom. The summed E-state index contributed by atoms with van der Waals surface area (Å²) in [6.07, 6.45) is 3.38. The fourth-order valence-corrected chi connectivity index (χ4v) is 1.67. The van der Waals surface area contributed by atoms with Gasteiger partial charge < -0.3 is 16.8 Å². The van der Waals surface area contributed by atoms with Gasteiger partial charge >= 0.3 is 0 Å². The first-order valence-electron chi connectivity index (χ1n) is 5.98. The van der Waals surface area contributed by atoms with Crippen molar-refractivity contribution in [2.24, 2.45) is 0 Å². The van der Waals surface area contributed by atoms with Gasteiger partial charge in [0.25, 0.3) is 5.91 Å². The third-order valence-electron chi connectivity index (χ3n) is 2.71. The van der Waals surface area contributed by atoms with E-state index in [1.807, 2.05) is 13.8 Å². The molecule has 0 aliphatic heterocycles. The van der Waals surface area contributed by atoms with Crippen LogP contribution in [-0.2, 0) is 0 Å². The van der Waals surface area contributed by atoms with Gasteiger partial charge in [0.1, 0.15) is 0 Å². The van der Waals surface area contributed by atoms with Crippen LogP contribution in [0.1, 0.15) is 30.2 Å². The van der Waals surface area contributed by atoms with E-state index >= 15 is 0 Å². The molecule has 0 fully saturated rings. The lowest BCUT2D eigenvalue weighted by Crippen LogP contribution is -2.14. The molecule has 6 nitrogen and oxygen atoms in total. The highest BCUT2D eigenvalue weighted by Gasteiger charge is 2.11. The number of hydrogen-bond donors (Lipinski definition) is 3. The molecular formula is C13H17N5O. The van der Waals surface area contributed by atoms with Gasteiger partial charge in [-0.2, -0.15) is 5.10 Å². The van der Waals surface area contributed by atoms with Crippen molar-refractivity contribution >= 4 is 23.0 Å². The zero-order valence-electron chi connectivity index (χ0n) is 10.9. The predicted molar refractivity (Wildman–Crippen MR) is 75.8 cm³/mol. The lowest BCUT2D eigenvalue weighted by Gasteiger charge is -2.07. The molecule has 0 unspecified atom stereocenters. The summed E-state index contributed by atoms with van der Waals surface area (Å²) in [5.41, 5.74) is 13.3. The van der Waals surface area contributed by atoms with Gasteiger partial charge in [-0.3, -0.25) is 9.48 Å². The molecule has 19 heavy (non-hydrogen) atoms. The summed E-state index contributed by atoms with van der Waals surface area (Å²) in [4.78, 5) is 12.1. The van der Waals surface area contributed by atoms with Crippen LogP contribution < -0.4 is 16.8 Å². The van der Waals surface area contributed by atoms with Gasteiger partial charge in [0.2, 0.25) is 0 Å². The molecule has 1 amide bonds. The standard InChI is InChI=1S/C13H17N5O/c1-8(2)18-7-10(6-16-18)17-13(19)11-4-3-9(14)5-12(11)15/h3-8H,14-15H2,1-2H3,(H,17,19). The summed E-state index contributed by atoms with van der Waals surface area (Å²) in [7, 11) is 0. The lowest BCUT2D eigenvalue weighted by molar-refractivity contribution is 0.102. The Morgan fingerprint density at radius 2 is 2.11 bits per heavy atom. The fraction of sp³-hybridized carbons (Fsp3) is 0.231. The molecule has 1 aromatic carbocycles. The van der Waals surface area contributed by atoms with Crippen LogP contribution >= 0.6 is 0 Å². The van der Waals surface area contributed by atoms with Crippen LogP contribution in [0.2, 0.25) is 0 Å². The second-order valence-electron chi connectivity index (χ2n) is 4.60. The molecule has 0 saturated carbocycles. The van der Waals surface area contributed by atoms with E-state index in [0.717, 1.165) is 0 Å². The van der Waals surface area contributed by atoms with Gasteiger partial charge in [-0.1, -0.05) is 0 Å². The number of anilines is 3. The van der Waals surface area contributed by atoms with E-state index < -0.39 is 0 Å². The Kier molecular flexibility index (Phi) is 3.41. The highest BCUT2D eigenvalue weighted by molar-refractivity contribution is 6.07. The number of nitrogens with one attached hydrogen (secondary N) is 1. The second kappa shape index (κ2) is 5.01. The molecule has 2 aromatic rings. The van der Waals surface area contributed by atoms with Crippen LogP contribution in [0.15, 0.2) is 30.6 Å². The minimum Gasteiger partial charge on any atom is -0.399 e. The number of nitrogens with two attached hydrogens (primary N) is 2. The molecule has 0 atom stereocenters. The summed E-state index contributed by atoms with van der Waals surface area (Å²) < 4.78 is 1.77. The molecule has 0 saturated heterocycles. The van der Waals surface area contributed by atoms with Gasteiger partial charge in [-0.05, 0) is 32.0 Å². The van der Waals surface area contributed by atoms with E-state index in [1.165, 1.54) is 0 Å². The van der Waals surface area contributed by atoms with Crippen molar-refractivity contribution in [3.05, 3.63) is 36.2 Å². The van der Waals surface area contributed by atoms with E-state index in [0.29, 0.717) is 22.6 Å². The van der Waals surface area contributed by atoms with Crippen molar-refractivity contribution in [2.45, 2.75) is 19.9 Å². The van der Waals surface area contributed by atoms with Crippen molar-refractivity contribution in [2.75, 3.05) is 16.8 Å². The quantitative estimate of drug-likeness (QED) is 0.733. The molecule has 0 radical (unpaired) electrons. The molecule has 100 valence electrons. The third kappa shape index (κ3) is 2.85. The van der Waals surface area contributed by atoms with E-state index in [4.69, 9.17) is 11.5 Å². The van der Waals surface area contributed by atoms with Crippen LogP contribution in [-0.4, -0.2) is 15.7 Å². The van der Waals surface area contributed by atoms with Crippen molar-refractivity contribution in [3.63, 3.8) is 0 Å². The van der Waals surface area contributed by atoms with E-state index in [2.05, 4.69) is 10.4 Å². The van der Waals surface area contributed by atoms with Gasteiger partial charge in [0, 0.05) is 23.6 Å². The van der Waals surface area contributed by atoms with Crippen LogP contribution in [0.5, 0.6) is 0 Å². The highest BCUT2D eigenvalue weighted by Crippen LogP contribution is 2.18. The van der Waals surface area contributed by atoms with Gasteiger partial charge in [0.15, 0.2) is 0 Å². The monoisotopic (exact) mass is 259 g/mol. The molecule has 5 N–H and O–H groups in total. The van der Waals surface area contributed by atoms with Crippen LogP contribution in [0.4, 0.5) is 17.1 Å². The Bertz CT molecular complexity index is 603. The minimum atomic E-state index is -0.277. The second-order valence-corrected chi connectivity index (χ2v) is 4.60. The maximum atomic E-state index is 12.1. The number of carbonyl (C=O) groups is 1. The lowest BCUT2D eigenvalue weighted by atomic mass is 10.1. The Labute approximate surface area is 111 Å². The number of nitrogens with zero attached hydrogens (tertiary/aromatic N) is 2. The maximum absolute atomic E-state index is 12.1. The molecule has 0 bridgehead atoms. The minimum absolute atomic E-state index is 0.243. The molecule has 0 spiro atoms. The average Bonchev–Trinajstić information content (AvgIpc) is 2.77. The number of hydrogen-bond acceptors (Lipinski definition) is 4. The number of benzene rings is 1. The first-order valence-corrected chi connectivity index (χ1v) is 5.98. The number of rotatable bonds is 3. The van der Waals surface area contributed by atoms with Gasteiger partial charge in [0.05, 0.1) is 17.4 Å². The number of nitrogen functional groups attached to an aromatic ring is 2.